The molecule has 0 bridgehead atoms. The van der Waals surface area contributed by atoms with Crippen molar-refractivity contribution in [2.24, 2.45) is 0 Å². The molecule has 0 unspecified atom stereocenters. The van der Waals surface area contributed by atoms with Gasteiger partial charge in [0.05, 0.1) is 31.9 Å². The van der Waals surface area contributed by atoms with Crippen molar-refractivity contribution >= 4 is 48.4 Å². The van der Waals surface area contributed by atoms with E-state index in [0.717, 1.165) is 45.9 Å². The maximum Gasteiger partial charge on any atom is 0.536 e. The van der Waals surface area contributed by atoms with Crippen LogP contribution >= 0.6 is 14.9 Å². The number of nitrogens with zero attached hydrogens (tertiary/aromatic N) is 2. The lowest BCUT2D eigenvalue weighted by Crippen LogP contribution is -2.12. The van der Waals surface area contributed by atoms with E-state index in [1.807, 2.05) is 49.5 Å². The lowest BCUT2D eigenvalue weighted by Gasteiger charge is -2.12. The predicted molar refractivity (Wildman–Crippen MR) is 169 cm³/mol. The Balaban J connectivity index is 1.25. The number of anilines is 1. The van der Waals surface area contributed by atoms with Crippen LogP contribution in [0.25, 0.3) is 21.8 Å². The number of aryl methyl sites for hydroxylation is 4. The van der Waals surface area contributed by atoms with E-state index in [9.17, 15) is 17.8 Å². The van der Waals surface area contributed by atoms with Crippen LogP contribution in [0.2, 0.25) is 0 Å². The number of aliphatic carboxylic acids is 1. The maximum atomic E-state index is 13.3. The number of hydrogen-bond donors (Lipinski definition) is 4. The Labute approximate surface area is 259 Å². The van der Waals surface area contributed by atoms with Gasteiger partial charge in [0.15, 0.2) is 12.0 Å². The molecule has 0 aliphatic rings. The van der Waals surface area contributed by atoms with Crippen molar-refractivity contribution < 1.29 is 46.9 Å². The molecule has 5 N–H and O–H groups in total. The molecule has 0 amide bonds. The first-order valence-electron chi connectivity index (χ1n) is 14.2. The van der Waals surface area contributed by atoms with Gasteiger partial charge >= 0.3 is 20.8 Å². The summed E-state index contributed by atoms with van der Waals surface area (Å²) >= 11 is 0. The summed E-state index contributed by atoms with van der Waals surface area (Å²) in [7, 11) is -10.7. The number of nitrogens with two attached hydrogens (primary N) is 1. The number of carboxylic acid groups (broad SMARTS) is 1. The summed E-state index contributed by atoms with van der Waals surface area (Å²) < 4.78 is 53.4. The molecule has 45 heavy (non-hydrogen) atoms. The Morgan fingerprint density at radius 1 is 0.933 bits per heavy atom. The normalized spacial score (nSPS) is 12.2. The second kappa shape index (κ2) is 15.3. The van der Waals surface area contributed by atoms with Crippen LogP contribution in [0.3, 0.4) is 0 Å². The standard InChI is InChI=1S/C30H35F2N3O8P2/c1-20-16-24(43-13-12-41-10-11-42-14-15-44(31,32)45(38,39)40)7-6-23(20)5-2-22-17-26-25-8-3-21(4-9-28(36)37)18-27(25)35-30(33)29(26)34-19-22/h3,6-8,16-19H,2,4-5,9-15H2,1H3,(H4-,33,35,36,37,38,39,40)/p+1. The minimum atomic E-state index is -5.39. The van der Waals surface area contributed by atoms with Crippen molar-refractivity contribution in [1.82, 2.24) is 9.97 Å². The van der Waals surface area contributed by atoms with Crippen molar-refractivity contribution in [1.29, 1.82) is 0 Å². The van der Waals surface area contributed by atoms with E-state index in [-0.39, 0.29) is 32.8 Å². The molecule has 0 radical (unpaired) electrons. The van der Waals surface area contributed by atoms with Gasteiger partial charge in [0.1, 0.15) is 17.9 Å². The Bertz CT molecular complexity index is 1700. The highest BCUT2D eigenvalue weighted by molar-refractivity contribution is 8.32. The van der Waals surface area contributed by atoms with Crippen molar-refractivity contribution in [2.75, 3.05) is 44.9 Å². The van der Waals surface area contributed by atoms with E-state index >= 15 is 0 Å². The third-order valence-corrected chi connectivity index (χ3v) is 11.5. The maximum absolute atomic E-state index is 13.3. The zero-order chi connectivity index (χ0) is 32.6. The number of hydrogen-bond acceptors (Lipinski definition) is 8. The van der Waals surface area contributed by atoms with Crippen LogP contribution in [-0.4, -0.2) is 70.0 Å². The summed E-state index contributed by atoms with van der Waals surface area (Å²) in [5.41, 5.74) is 11.7. The molecule has 2 aromatic heterocycles. The van der Waals surface area contributed by atoms with E-state index < -0.39 is 33.6 Å². The number of halogens is 2. The molecule has 15 heteroatoms. The minimum absolute atomic E-state index is 0.0255. The molecule has 4 rings (SSSR count). The van der Waals surface area contributed by atoms with Crippen molar-refractivity contribution in [3.8, 4) is 5.75 Å². The first kappa shape index (κ1) is 34.6. The fourth-order valence-corrected chi connectivity index (χ4v) is 6.34. The van der Waals surface area contributed by atoms with Gasteiger partial charge in [-0.1, -0.05) is 18.2 Å². The number of carboxylic acids is 1. The predicted octanol–water partition coefficient (Wildman–Crippen LogP) is 5.77. The molecule has 11 nitrogen and oxygen atoms in total. The number of fused-ring (bicyclic) bond motifs is 3. The van der Waals surface area contributed by atoms with Crippen LogP contribution in [0.15, 0.2) is 48.7 Å². The van der Waals surface area contributed by atoms with Gasteiger partial charge in [0.2, 0.25) is 0 Å². The van der Waals surface area contributed by atoms with E-state index in [2.05, 4.69) is 16.0 Å². The summed E-state index contributed by atoms with van der Waals surface area (Å²) in [4.78, 5) is 37.3. The summed E-state index contributed by atoms with van der Waals surface area (Å²) in [5, 5.41) is 10.8. The number of pyridine rings is 2. The van der Waals surface area contributed by atoms with Crippen molar-refractivity contribution in [2.45, 2.75) is 32.6 Å². The zero-order valence-corrected chi connectivity index (χ0v) is 26.5. The molecule has 0 saturated carbocycles. The quantitative estimate of drug-likeness (QED) is 0.0612. The molecule has 2 heterocycles. The number of aromatic nitrogens is 2. The van der Waals surface area contributed by atoms with Gasteiger partial charge < -0.3 is 25.1 Å². The van der Waals surface area contributed by atoms with Crippen LogP contribution in [0, 0.1) is 6.92 Å². The van der Waals surface area contributed by atoms with Crippen LogP contribution < -0.4 is 10.5 Å². The Kier molecular flexibility index (Phi) is 11.8. The van der Waals surface area contributed by atoms with Gasteiger partial charge in [-0.3, -0.25) is 19.6 Å². The fourth-order valence-electron chi connectivity index (χ4n) is 4.70. The van der Waals surface area contributed by atoms with Crippen molar-refractivity contribution in [3.63, 3.8) is 0 Å². The number of ether oxygens (including phenoxy) is 3. The lowest BCUT2D eigenvalue weighted by atomic mass is 9.99. The highest BCUT2D eigenvalue weighted by Gasteiger charge is 2.61. The average Bonchev–Trinajstić information content (AvgIpc) is 2.98. The molecule has 0 aliphatic carbocycles. The average molecular weight is 667 g/mol. The molecule has 4 aromatic rings. The van der Waals surface area contributed by atoms with E-state index in [1.54, 1.807) is 0 Å². The van der Waals surface area contributed by atoms with Gasteiger partial charge in [0.25, 0.3) is 0 Å². The van der Waals surface area contributed by atoms with Crippen LogP contribution in [-0.2, 0) is 38.1 Å². The van der Waals surface area contributed by atoms with Crippen LogP contribution in [0.4, 0.5) is 14.2 Å². The lowest BCUT2D eigenvalue weighted by molar-refractivity contribution is -0.136. The highest BCUT2D eigenvalue weighted by atomic mass is 32.2. The molecule has 2 aromatic carbocycles. The molecule has 0 aliphatic heterocycles. The van der Waals surface area contributed by atoms with Gasteiger partial charge in [-0.2, -0.15) is 0 Å². The summed E-state index contributed by atoms with van der Waals surface area (Å²) in [6, 6.07) is 13.7. The van der Waals surface area contributed by atoms with Crippen LogP contribution in [0.5, 0.6) is 5.75 Å². The second-order valence-corrected chi connectivity index (χ2v) is 16.5. The molecular formula is C30H36F2N3O8P2+. The van der Waals surface area contributed by atoms with Crippen molar-refractivity contribution in [3.05, 3.63) is 70.9 Å². The topological polar surface area (TPSA) is 174 Å². The Morgan fingerprint density at radius 3 is 2.38 bits per heavy atom. The molecule has 0 atom stereocenters. The third kappa shape index (κ3) is 9.59. The second-order valence-electron chi connectivity index (χ2n) is 10.5. The van der Waals surface area contributed by atoms with Gasteiger partial charge in [-0.25, -0.2) is 9.55 Å². The fraction of sp³-hybridized carbons (Fsp3) is 0.367. The monoisotopic (exact) mass is 666 g/mol. The van der Waals surface area contributed by atoms with Gasteiger partial charge in [-0.05, 0) is 81.1 Å². The molecular weight excluding hydrogens is 630 g/mol. The Hall–Kier alpha value is -3.31. The largest absolute Gasteiger partial charge is 0.536 e. The number of rotatable bonds is 17. The van der Waals surface area contributed by atoms with Gasteiger partial charge in [0, 0.05) is 23.4 Å². The van der Waals surface area contributed by atoms with E-state index in [1.165, 1.54) is 0 Å². The number of nitrogen functional groups attached to an aromatic ring is 1. The molecule has 0 spiro atoms. The van der Waals surface area contributed by atoms with E-state index in [0.29, 0.717) is 29.0 Å². The number of benzene rings is 2. The first-order valence-corrected chi connectivity index (χ1v) is 18.3. The summed E-state index contributed by atoms with van der Waals surface area (Å²) in [6.07, 6.45) is 2.84. The van der Waals surface area contributed by atoms with Crippen LogP contribution in [0.1, 0.15) is 28.7 Å². The number of carbonyl (C=O) groups is 1. The first-order chi connectivity index (χ1) is 21.3. The SMILES string of the molecule is Cc1cc(OCCOCCOCC[P+](F)(F)P(=O)(O)O)ccc1CCc1cnc2c(N)nc3cc(CCC(=O)O)ccc3c2c1. The smallest absolute Gasteiger partial charge is 0.491 e. The zero-order valence-electron chi connectivity index (χ0n) is 24.7. The van der Waals surface area contributed by atoms with E-state index in [4.69, 9.17) is 34.8 Å². The minimum Gasteiger partial charge on any atom is -0.491 e. The Morgan fingerprint density at radius 2 is 1.67 bits per heavy atom. The highest BCUT2D eigenvalue weighted by Crippen LogP contribution is 2.88. The molecule has 0 fully saturated rings. The molecule has 0 saturated heterocycles. The van der Waals surface area contributed by atoms with Gasteiger partial charge in [-0.15, -0.1) is 0 Å². The third-order valence-electron chi connectivity index (χ3n) is 7.16. The molecule has 242 valence electrons. The summed E-state index contributed by atoms with van der Waals surface area (Å²) in [6.45, 7) is 2.25. The summed E-state index contributed by atoms with van der Waals surface area (Å²) in [5.74, 6) is 0.162.